The minimum absolute atomic E-state index is 0.0527. The Morgan fingerprint density at radius 1 is 0.969 bits per heavy atom. The maximum absolute atomic E-state index is 12.7. The molecule has 0 saturated heterocycles. The summed E-state index contributed by atoms with van der Waals surface area (Å²) in [6.45, 7) is 4.46. The highest BCUT2D eigenvalue weighted by molar-refractivity contribution is 5.91. The summed E-state index contributed by atoms with van der Waals surface area (Å²) >= 11 is 0. The van der Waals surface area contributed by atoms with Crippen molar-refractivity contribution in [1.29, 1.82) is 0 Å². The lowest BCUT2D eigenvalue weighted by atomic mass is 10.1. The molecule has 0 bridgehead atoms. The smallest absolute Gasteiger partial charge is 0.321 e. The van der Waals surface area contributed by atoms with Crippen LogP contribution < -0.4 is 19.7 Å². The van der Waals surface area contributed by atoms with Crippen molar-refractivity contribution in [2.24, 2.45) is 0 Å². The van der Waals surface area contributed by atoms with E-state index < -0.39 is 0 Å². The summed E-state index contributed by atoms with van der Waals surface area (Å²) in [5.41, 5.74) is 3.12. The van der Waals surface area contributed by atoms with Crippen molar-refractivity contribution < 1.29 is 14.3 Å². The second-order valence-corrected chi connectivity index (χ2v) is 8.30. The Hall–Kier alpha value is -2.93. The third kappa shape index (κ3) is 6.29. The lowest BCUT2D eigenvalue weighted by Crippen LogP contribution is -2.37. The number of carbonyl (C=O) groups is 1. The van der Waals surface area contributed by atoms with Crippen LogP contribution in [0, 0.1) is 0 Å². The Labute approximate surface area is 191 Å². The van der Waals surface area contributed by atoms with Crippen LogP contribution in [0.4, 0.5) is 16.2 Å². The van der Waals surface area contributed by atoms with Crippen LogP contribution in [0.15, 0.2) is 42.5 Å². The fourth-order valence-corrected chi connectivity index (χ4v) is 4.04. The first kappa shape index (κ1) is 23.7. The number of hydrogen-bond donors (Lipinski definition) is 1. The van der Waals surface area contributed by atoms with Crippen molar-refractivity contribution >= 4 is 17.4 Å². The van der Waals surface area contributed by atoms with Gasteiger partial charge in [-0.15, -0.1) is 0 Å². The highest BCUT2D eigenvalue weighted by Gasteiger charge is 2.22. The number of para-hydroxylation sites is 1. The number of nitrogens with one attached hydrogen (secondary N) is 1. The number of ether oxygens (including phenoxy) is 2. The van der Waals surface area contributed by atoms with E-state index in [1.807, 2.05) is 23.1 Å². The fourth-order valence-electron chi connectivity index (χ4n) is 4.04. The van der Waals surface area contributed by atoms with Crippen molar-refractivity contribution in [3.8, 4) is 11.5 Å². The van der Waals surface area contributed by atoms with Crippen molar-refractivity contribution in [1.82, 2.24) is 9.80 Å². The Morgan fingerprint density at radius 3 is 2.38 bits per heavy atom. The van der Waals surface area contributed by atoms with E-state index in [1.54, 1.807) is 14.2 Å². The monoisotopic (exact) mass is 440 g/mol. The van der Waals surface area contributed by atoms with Crippen LogP contribution >= 0.6 is 0 Å². The lowest BCUT2D eigenvalue weighted by Gasteiger charge is -2.24. The molecule has 0 saturated carbocycles. The first-order valence-corrected chi connectivity index (χ1v) is 11.3. The van der Waals surface area contributed by atoms with Gasteiger partial charge in [-0.25, -0.2) is 4.79 Å². The van der Waals surface area contributed by atoms with Crippen LogP contribution in [0.25, 0.3) is 0 Å². The largest absolute Gasteiger partial charge is 0.493 e. The number of methoxy groups -OCH3 is 2. The molecule has 0 radical (unpaired) electrons. The molecule has 1 heterocycles. The molecule has 2 aromatic carbocycles. The molecule has 0 aromatic heterocycles. The molecule has 174 valence electrons. The van der Waals surface area contributed by atoms with Gasteiger partial charge in [0.15, 0.2) is 11.5 Å². The molecule has 7 nitrogen and oxygen atoms in total. The zero-order valence-corrected chi connectivity index (χ0v) is 19.8. The quantitative estimate of drug-likeness (QED) is 0.574. The molecular formula is C25H36N4O3. The molecule has 0 aliphatic carbocycles. The van der Waals surface area contributed by atoms with Crippen molar-refractivity contribution in [3.05, 3.63) is 48.0 Å². The topological polar surface area (TPSA) is 57.3 Å². The summed E-state index contributed by atoms with van der Waals surface area (Å²) in [6.07, 6.45) is 2.84. The van der Waals surface area contributed by atoms with Gasteiger partial charge < -0.3 is 29.5 Å². The summed E-state index contributed by atoms with van der Waals surface area (Å²) in [5.74, 6) is 1.31. The van der Waals surface area contributed by atoms with E-state index in [1.165, 1.54) is 5.69 Å². The minimum Gasteiger partial charge on any atom is -0.493 e. The molecular weight excluding hydrogens is 404 g/mol. The third-order valence-corrected chi connectivity index (χ3v) is 5.99. The van der Waals surface area contributed by atoms with Gasteiger partial charge in [0.1, 0.15) is 0 Å². The van der Waals surface area contributed by atoms with E-state index in [9.17, 15) is 4.79 Å². The summed E-state index contributed by atoms with van der Waals surface area (Å²) in [4.78, 5) is 19.2. The molecule has 1 N–H and O–H groups in total. The van der Waals surface area contributed by atoms with Gasteiger partial charge in [-0.3, -0.25) is 0 Å². The van der Waals surface area contributed by atoms with Crippen LogP contribution in [0.2, 0.25) is 0 Å². The average molecular weight is 441 g/mol. The summed E-state index contributed by atoms with van der Waals surface area (Å²) < 4.78 is 10.8. The highest BCUT2D eigenvalue weighted by Crippen LogP contribution is 2.34. The van der Waals surface area contributed by atoms with Crippen molar-refractivity contribution in [2.75, 3.05) is 71.3 Å². The van der Waals surface area contributed by atoms with Gasteiger partial charge in [-0.2, -0.15) is 0 Å². The first-order chi connectivity index (χ1) is 15.5. The second-order valence-electron chi connectivity index (χ2n) is 8.30. The van der Waals surface area contributed by atoms with Crippen LogP contribution in [-0.4, -0.2) is 76.9 Å². The van der Waals surface area contributed by atoms with E-state index in [4.69, 9.17) is 9.47 Å². The van der Waals surface area contributed by atoms with Gasteiger partial charge in [0.25, 0.3) is 0 Å². The maximum Gasteiger partial charge on any atom is 0.321 e. The zero-order valence-electron chi connectivity index (χ0n) is 19.8. The molecule has 32 heavy (non-hydrogen) atoms. The first-order valence-electron chi connectivity index (χ1n) is 11.3. The average Bonchev–Trinajstić information content (AvgIpc) is 2.96. The number of fused-ring (bicyclic) bond motifs is 1. The van der Waals surface area contributed by atoms with Crippen molar-refractivity contribution in [2.45, 2.75) is 19.3 Å². The van der Waals surface area contributed by atoms with Gasteiger partial charge in [0, 0.05) is 44.1 Å². The second kappa shape index (κ2) is 11.6. The van der Waals surface area contributed by atoms with Crippen LogP contribution in [0.5, 0.6) is 11.5 Å². The zero-order chi connectivity index (χ0) is 22.9. The van der Waals surface area contributed by atoms with E-state index in [0.717, 1.165) is 56.7 Å². The predicted octanol–water partition coefficient (Wildman–Crippen LogP) is 3.94. The van der Waals surface area contributed by atoms with Gasteiger partial charge >= 0.3 is 6.03 Å². The van der Waals surface area contributed by atoms with Crippen LogP contribution in [0.1, 0.15) is 18.4 Å². The van der Waals surface area contributed by atoms with E-state index >= 15 is 0 Å². The Balaban J connectivity index is 1.41. The Kier molecular flexibility index (Phi) is 8.62. The third-order valence-electron chi connectivity index (χ3n) is 5.99. The number of carbonyl (C=O) groups excluding carboxylic acids is 1. The molecule has 7 heteroatoms. The standard InChI is InChI=1S/C25H36N4O3/c1-27(13-8-15-28(2)21-10-6-5-7-11-21)14-9-16-29-17-12-20-18-23(31-3)24(32-4)19-22(20)26-25(29)30/h5-7,10-11,18-19H,8-9,12-17H2,1-4H3,(H,26,30). The van der Waals surface area contributed by atoms with E-state index in [-0.39, 0.29) is 6.03 Å². The molecule has 0 spiro atoms. The van der Waals surface area contributed by atoms with E-state index in [2.05, 4.69) is 53.5 Å². The van der Waals surface area contributed by atoms with Gasteiger partial charge in [-0.05, 0) is 63.2 Å². The molecule has 0 atom stereocenters. The minimum atomic E-state index is -0.0527. The molecule has 1 aliphatic heterocycles. The van der Waals surface area contributed by atoms with Crippen LogP contribution in [0.3, 0.4) is 0 Å². The molecule has 3 rings (SSSR count). The summed E-state index contributed by atoms with van der Waals surface area (Å²) in [5, 5.41) is 3.03. The van der Waals surface area contributed by atoms with Gasteiger partial charge in [0.2, 0.25) is 0 Å². The number of nitrogens with zero attached hydrogens (tertiary/aromatic N) is 3. The summed E-state index contributed by atoms with van der Waals surface area (Å²) in [6, 6.07) is 14.2. The van der Waals surface area contributed by atoms with Gasteiger partial charge in [-0.1, -0.05) is 18.2 Å². The highest BCUT2D eigenvalue weighted by atomic mass is 16.5. The SMILES string of the molecule is COc1cc2c(cc1OC)NC(=O)N(CCCN(C)CCCN(C)c1ccccc1)CC2. The number of urea groups is 1. The van der Waals surface area contributed by atoms with E-state index in [0.29, 0.717) is 18.0 Å². The predicted molar refractivity (Wildman–Crippen MR) is 130 cm³/mol. The molecule has 0 fully saturated rings. The Morgan fingerprint density at radius 2 is 1.66 bits per heavy atom. The number of rotatable bonds is 11. The lowest BCUT2D eigenvalue weighted by molar-refractivity contribution is 0.208. The van der Waals surface area contributed by atoms with Crippen molar-refractivity contribution in [3.63, 3.8) is 0 Å². The number of anilines is 2. The molecule has 0 unspecified atom stereocenters. The number of amides is 2. The molecule has 1 aliphatic rings. The number of benzene rings is 2. The summed E-state index contributed by atoms with van der Waals surface area (Å²) in [7, 11) is 7.52. The fraction of sp³-hybridized carbons (Fsp3) is 0.480. The Bertz CT molecular complexity index is 875. The molecule has 2 aromatic rings. The maximum atomic E-state index is 12.7. The normalized spacial score (nSPS) is 13.4. The molecule has 2 amide bonds. The number of hydrogen-bond acceptors (Lipinski definition) is 5. The van der Waals surface area contributed by atoms with Gasteiger partial charge in [0.05, 0.1) is 14.2 Å². The van der Waals surface area contributed by atoms with Crippen LogP contribution in [-0.2, 0) is 6.42 Å².